The first-order valence-electron chi connectivity index (χ1n) is 9.87. The molecule has 0 spiro atoms. The van der Waals surface area contributed by atoms with E-state index in [1.165, 1.54) is 21.6 Å². The Labute approximate surface area is 178 Å². The number of fused-ring (bicyclic) bond motifs is 1. The second-order valence-electron chi connectivity index (χ2n) is 7.31. The van der Waals surface area contributed by atoms with Gasteiger partial charge in [0.2, 0.25) is 0 Å². The molecular weight excluding hydrogens is 382 g/mol. The van der Waals surface area contributed by atoms with Gasteiger partial charge < -0.3 is 25.0 Å². The summed E-state index contributed by atoms with van der Waals surface area (Å²) in [6.07, 6.45) is 2.98. The van der Waals surface area contributed by atoms with E-state index in [0.29, 0.717) is 5.11 Å². The minimum Gasteiger partial charge on any atom is -0.493 e. The summed E-state index contributed by atoms with van der Waals surface area (Å²) in [6, 6.07) is 12.6. The number of nitrogens with one attached hydrogen (secondary N) is 3. The second kappa shape index (κ2) is 9.76. The molecule has 3 N–H and O–H groups in total. The molecule has 0 bridgehead atoms. The van der Waals surface area contributed by atoms with E-state index in [-0.39, 0.29) is 6.04 Å². The second-order valence-corrected chi connectivity index (χ2v) is 7.72. The van der Waals surface area contributed by atoms with Crippen molar-refractivity contribution < 1.29 is 14.4 Å². The summed E-state index contributed by atoms with van der Waals surface area (Å²) < 4.78 is 11.0. The summed E-state index contributed by atoms with van der Waals surface area (Å²) >= 11 is 5.54. The molecule has 0 saturated carbocycles. The minimum absolute atomic E-state index is 0.244. The van der Waals surface area contributed by atoms with Crippen LogP contribution in [0.1, 0.15) is 22.7 Å². The van der Waals surface area contributed by atoms with E-state index in [1.807, 2.05) is 18.2 Å². The Morgan fingerprint density at radius 3 is 2.69 bits per heavy atom. The van der Waals surface area contributed by atoms with Gasteiger partial charge in [-0.25, -0.2) is 0 Å². The Hall–Kier alpha value is -2.57. The number of hydrogen-bond acceptors (Lipinski definition) is 3. The zero-order valence-corrected chi connectivity index (χ0v) is 18.2. The molecule has 1 aliphatic heterocycles. The maximum absolute atomic E-state index is 5.55. The highest BCUT2D eigenvalue weighted by molar-refractivity contribution is 7.80. The van der Waals surface area contributed by atoms with Crippen molar-refractivity contribution in [1.29, 1.82) is 0 Å². The van der Waals surface area contributed by atoms with Crippen LogP contribution in [-0.2, 0) is 6.42 Å². The number of thiocarbonyl (C=S) groups is 1. The zero-order chi connectivity index (χ0) is 20.8. The highest BCUT2D eigenvalue weighted by atomic mass is 32.1. The third kappa shape index (κ3) is 5.08. The summed E-state index contributed by atoms with van der Waals surface area (Å²) in [5, 5.41) is 7.32. The molecule has 6 heteroatoms. The van der Waals surface area contributed by atoms with Crippen LogP contribution in [0.15, 0.2) is 49.1 Å². The Balaban J connectivity index is 1.78. The number of methoxy groups -OCH3 is 2. The standard InChI is InChI=1S/C23H29N3O2S/c1-5-10-26-11-9-17-13-21(27-3)22(28-4)14-19(17)20(26)15-24-23(29)25-18-8-6-7-16(2)12-18/h5-8,12-14,20H,1,9-11,15H2,2-4H3,(H2,24,25,29)/p+1/t20-/m0/s1. The van der Waals surface area contributed by atoms with Gasteiger partial charge >= 0.3 is 0 Å². The highest BCUT2D eigenvalue weighted by Crippen LogP contribution is 2.34. The number of anilines is 1. The molecular formula is C23H30N3O2S+. The van der Waals surface area contributed by atoms with E-state index < -0.39 is 0 Å². The molecule has 2 atom stereocenters. The normalized spacial score (nSPS) is 17.8. The number of quaternary nitrogens is 1. The van der Waals surface area contributed by atoms with E-state index in [2.05, 4.69) is 48.4 Å². The van der Waals surface area contributed by atoms with Crippen molar-refractivity contribution in [3.05, 3.63) is 65.7 Å². The Morgan fingerprint density at radius 2 is 2.00 bits per heavy atom. The number of rotatable bonds is 7. The van der Waals surface area contributed by atoms with Gasteiger partial charge in [-0.15, -0.1) is 0 Å². The molecule has 2 aromatic rings. The number of hydrogen-bond donors (Lipinski definition) is 3. The lowest BCUT2D eigenvalue weighted by Gasteiger charge is -2.34. The van der Waals surface area contributed by atoms with E-state index in [1.54, 1.807) is 14.2 Å². The maximum atomic E-state index is 5.55. The number of benzene rings is 2. The van der Waals surface area contributed by atoms with Gasteiger partial charge in [-0.2, -0.15) is 0 Å². The molecule has 2 aromatic carbocycles. The van der Waals surface area contributed by atoms with Gasteiger partial charge in [-0.05, 0) is 60.6 Å². The summed E-state index contributed by atoms with van der Waals surface area (Å²) in [6.45, 7) is 8.68. The summed E-state index contributed by atoms with van der Waals surface area (Å²) in [7, 11) is 3.35. The van der Waals surface area contributed by atoms with Gasteiger partial charge in [-0.1, -0.05) is 18.7 Å². The Bertz CT molecular complexity index is 884. The van der Waals surface area contributed by atoms with Crippen molar-refractivity contribution in [3.63, 3.8) is 0 Å². The number of aryl methyl sites for hydroxylation is 1. The van der Waals surface area contributed by atoms with Gasteiger partial charge in [0.25, 0.3) is 0 Å². The third-order valence-corrected chi connectivity index (χ3v) is 5.62. The molecule has 1 heterocycles. The fraction of sp³-hybridized carbons (Fsp3) is 0.348. The predicted molar refractivity (Wildman–Crippen MR) is 122 cm³/mol. The zero-order valence-electron chi connectivity index (χ0n) is 17.4. The average molecular weight is 413 g/mol. The Morgan fingerprint density at radius 1 is 1.24 bits per heavy atom. The molecule has 0 radical (unpaired) electrons. The highest BCUT2D eigenvalue weighted by Gasteiger charge is 2.31. The summed E-state index contributed by atoms with van der Waals surface area (Å²) in [5.41, 5.74) is 4.77. The van der Waals surface area contributed by atoms with E-state index in [4.69, 9.17) is 21.7 Å². The van der Waals surface area contributed by atoms with Crippen LogP contribution in [0.2, 0.25) is 0 Å². The van der Waals surface area contributed by atoms with Crippen LogP contribution in [0.3, 0.4) is 0 Å². The minimum atomic E-state index is 0.244. The smallest absolute Gasteiger partial charge is 0.171 e. The van der Waals surface area contributed by atoms with E-state index >= 15 is 0 Å². The SMILES string of the molecule is C=CC[NH+]1CCc2cc(OC)c(OC)cc2[C@@H]1CNC(=S)Nc1cccc(C)c1. The van der Waals surface area contributed by atoms with Crippen molar-refractivity contribution >= 4 is 23.0 Å². The molecule has 3 rings (SSSR count). The lowest BCUT2D eigenvalue weighted by molar-refractivity contribution is -0.927. The molecule has 29 heavy (non-hydrogen) atoms. The lowest BCUT2D eigenvalue weighted by atomic mass is 9.91. The molecule has 0 aromatic heterocycles. The average Bonchev–Trinajstić information content (AvgIpc) is 2.72. The maximum Gasteiger partial charge on any atom is 0.171 e. The van der Waals surface area contributed by atoms with Gasteiger partial charge in [0.1, 0.15) is 6.04 Å². The first-order chi connectivity index (χ1) is 14.0. The summed E-state index contributed by atoms with van der Waals surface area (Å²) in [5.74, 6) is 1.54. The molecule has 154 valence electrons. The monoisotopic (exact) mass is 412 g/mol. The first-order valence-corrected chi connectivity index (χ1v) is 10.3. The lowest BCUT2D eigenvalue weighted by Crippen LogP contribution is -3.13. The van der Waals surface area contributed by atoms with E-state index in [9.17, 15) is 0 Å². The topological polar surface area (TPSA) is 47.0 Å². The van der Waals surface area contributed by atoms with Crippen LogP contribution < -0.4 is 25.0 Å². The van der Waals surface area contributed by atoms with Gasteiger partial charge in [0, 0.05) is 17.7 Å². The molecule has 0 amide bonds. The van der Waals surface area contributed by atoms with Gasteiger partial charge in [-0.3, -0.25) is 0 Å². The quantitative estimate of drug-likeness (QED) is 0.482. The van der Waals surface area contributed by atoms with Crippen molar-refractivity contribution in [1.82, 2.24) is 5.32 Å². The fourth-order valence-electron chi connectivity index (χ4n) is 3.94. The van der Waals surface area contributed by atoms with Crippen molar-refractivity contribution in [2.75, 3.05) is 39.2 Å². The largest absolute Gasteiger partial charge is 0.493 e. The van der Waals surface area contributed by atoms with Crippen molar-refractivity contribution in [2.24, 2.45) is 0 Å². The van der Waals surface area contributed by atoms with Crippen molar-refractivity contribution in [2.45, 2.75) is 19.4 Å². The molecule has 0 aliphatic carbocycles. The predicted octanol–water partition coefficient (Wildman–Crippen LogP) is 2.67. The molecule has 1 aliphatic rings. The molecule has 1 unspecified atom stereocenters. The Kier molecular flexibility index (Phi) is 7.12. The number of ether oxygens (including phenoxy) is 2. The molecule has 0 saturated heterocycles. The van der Waals surface area contributed by atoms with Gasteiger partial charge in [0.15, 0.2) is 16.6 Å². The van der Waals surface area contributed by atoms with Crippen LogP contribution in [0, 0.1) is 6.92 Å². The molecule has 0 fully saturated rings. The van der Waals surface area contributed by atoms with Crippen LogP contribution in [0.5, 0.6) is 11.5 Å². The van der Waals surface area contributed by atoms with Crippen LogP contribution in [-0.4, -0.2) is 39.0 Å². The van der Waals surface area contributed by atoms with E-state index in [0.717, 1.165) is 43.2 Å². The fourth-order valence-corrected chi connectivity index (χ4v) is 4.15. The third-order valence-electron chi connectivity index (χ3n) is 5.38. The van der Waals surface area contributed by atoms with Crippen molar-refractivity contribution in [3.8, 4) is 11.5 Å². The first kappa shape index (κ1) is 21.1. The van der Waals surface area contributed by atoms with Gasteiger partial charge in [0.05, 0.1) is 33.9 Å². The van der Waals surface area contributed by atoms with Crippen LogP contribution in [0.25, 0.3) is 0 Å². The molecule has 5 nitrogen and oxygen atoms in total. The van der Waals surface area contributed by atoms with Crippen LogP contribution >= 0.6 is 12.2 Å². The summed E-state index contributed by atoms with van der Waals surface area (Å²) in [4.78, 5) is 1.46. The van der Waals surface area contributed by atoms with Crippen LogP contribution in [0.4, 0.5) is 5.69 Å².